The van der Waals surface area contributed by atoms with E-state index < -0.39 is 0 Å². The molecular formula is C20H16N2O4. The van der Waals surface area contributed by atoms with Gasteiger partial charge in [-0.25, -0.2) is 4.79 Å². The largest absolute Gasteiger partial charge is 0.484 e. The minimum Gasteiger partial charge on any atom is -0.484 e. The summed E-state index contributed by atoms with van der Waals surface area (Å²) in [5.74, 6) is 1.46. The van der Waals surface area contributed by atoms with Gasteiger partial charge < -0.3 is 13.7 Å². The summed E-state index contributed by atoms with van der Waals surface area (Å²) >= 11 is 0. The maximum Gasteiger partial charge on any atom is 0.336 e. The van der Waals surface area contributed by atoms with Crippen molar-refractivity contribution < 1.29 is 13.7 Å². The van der Waals surface area contributed by atoms with E-state index in [1.54, 1.807) is 6.07 Å². The molecule has 0 unspecified atom stereocenters. The number of benzene rings is 2. The molecule has 4 rings (SSSR count). The predicted octanol–water partition coefficient (Wildman–Crippen LogP) is 4.04. The van der Waals surface area contributed by atoms with E-state index in [0.29, 0.717) is 23.0 Å². The Labute approximate surface area is 149 Å². The summed E-state index contributed by atoms with van der Waals surface area (Å²) in [6, 6.07) is 14.6. The number of fused-ring (bicyclic) bond motifs is 1. The highest BCUT2D eigenvalue weighted by Crippen LogP contribution is 2.24. The highest BCUT2D eigenvalue weighted by atomic mass is 16.5. The first-order valence-electron chi connectivity index (χ1n) is 8.16. The third-order valence-corrected chi connectivity index (χ3v) is 4.14. The van der Waals surface area contributed by atoms with Gasteiger partial charge in [0.25, 0.3) is 5.89 Å². The van der Waals surface area contributed by atoms with Crippen LogP contribution in [0.15, 0.2) is 62.3 Å². The Hall–Kier alpha value is -3.41. The molecule has 0 N–H and O–H groups in total. The van der Waals surface area contributed by atoms with Gasteiger partial charge in [0.1, 0.15) is 11.3 Å². The predicted molar refractivity (Wildman–Crippen MR) is 96.0 cm³/mol. The SMILES string of the molecule is Cc1ccccc1-c1noc(COc2ccc3c(C)cc(=O)oc3c2)n1. The average Bonchev–Trinajstić information content (AvgIpc) is 3.08. The first kappa shape index (κ1) is 16.1. The van der Waals surface area contributed by atoms with E-state index in [2.05, 4.69) is 10.1 Å². The lowest BCUT2D eigenvalue weighted by atomic mass is 10.1. The molecule has 0 aliphatic heterocycles. The van der Waals surface area contributed by atoms with Gasteiger partial charge in [0.15, 0.2) is 6.61 Å². The van der Waals surface area contributed by atoms with Crippen molar-refractivity contribution in [3.63, 3.8) is 0 Å². The summed E-state index contributed by atoms with van der Waals surface area (Å²) < 4.78 is 16.2. The number of aryl methyl sites for hydroxylation is 2. The standard InChI is InChI=1S/C20H16N2O4/c1-12-5-3-4-6-16(12)20-21-18(26-22-20)11-24-14-7-8-15-13(2)9-19(23)25-17(15)10-14/h3-10H,11H2,1-2H3. The van der Waals surface area contributed by atoms with Crippen molar-refractivity contribution in [1.29, 1.82) is 0 Å². The lowest BCUT2D eigenvalue weighted by Gasteiger charge is -2.05. The molecule has 2 aromatic heterocycles. The zero-order valence-electron chi connectivity index (χ0n) is 14.4. The van der Waals surface area contributed by atoms with E-state index in [-0.39, 0.29) is 12.2 Å². The smallest absolute Gasteiger partial charge is 0.336 e. The number of nitrogens with zero attached hydrogens (tertiary/aromatic N) is 2. The Kier molecular flexibility index (Phi) is 4.01. The Morgan fingerprint density at radius 2 is 1.88 bits per heavy atom. The molecule has 2 heterocycles. The fourth-order valence-corrected chi connectivity index (χ4v) is 2.79. The molecule has 130 valence electrons. The van der Waals surface area contributed by atoms with E-state index in [9.17, 15) is 4.79 Å². The Morgan fingerprint density at radius 1 is 1.04 bits per heavy atom. The molecule has 0 aliphatic rings. The van der Waals surface area contributed by atoms with Crippen LogP contribution in [0.2, 0.25) is 0 Å². The van der Waals surface area contributed by atoms with Gasteiger partial charge in [0.05, 0.1) is 0 Å². The van der Waals surface area contributed by atoms with Gasteiger partial charge in [-0.2, -0.15) is 4.98 Å². The number of hydrogen-bond acceptors (Lipinski definition) is 6. The lowest BCUT2D eigenvalue weighted by molar-refractivity contribution is 0.243. The zero-order valence-corrected chi connectivity index (χ0v) is 14.4. The summed E-state index contributed by atoms with van der Waals surface area (Å²) in [7, 11) is 0. The summed E-state index contributed by atoms with van der Waals surface area (Å²) in [5, 5.41) is 4.88. The van der Waals surface area contributed by atoms with Crippen LogP contribution in [0.4, 0.5) is 0 Å². The molecule has 0 amide bonds. The zero-order chi connectivity index (χ0) is 18.1. The van der Waals surface area contributed by atoms with Crippen LogP contribution in [0.25, 0.3) is 22.4 Å². The van der Waals surface area contributed by atoms with E-state index in [0.717, 1.165) is 22.1 Å². The Morgan fingerprint density at radius 3 is 2.73 bits per heavy atom. The molecule has 0 atom stereocenters. The van der Waals surface area contributed by atoms with Gasteiger partial charge in [-0.15, -0.1) is 0 Å². The summed E-state index contributed by atoms with van der Waals surface area (Å²) in [5.41, 5.74) is 2.96. The van der Waals surface area contributed by atoms with Crippen LogP contribution < -0.4 is 10.4 Å². The number of aromatic nitrogens is 2. The highest BCUT2D eigenvalue weighted by Gasteiger charge is 2.11. The van der Waals surface area contributed by atoms with Gasteiger partial charge >= 0.3 is 5.63 Å². The van der Waals surface area contributed by atoms with Crippen molar-refractivity contribution in [3.8, 4) is 17.1 Å². The maximum absolute atomic E-state index is 11.5. The van der Waals surface area contributed by atoms with E-state index >= 15 is 0 Å². The number of rotatable bonds is 4. The lowest BCUT2D eigenvalue weighted by Crippen LogP contribution is -1.99. The second-order valence-corrected chi connectivity index (χ2v) is 6.02. The van der Waals surface area contributed by atoms with Crippen LogP contribution in [-0.2, 0) is 6.61 Å². The second kappa shape index (κ2) is 6.48. The third-order valence-electron chi connectivity index (χ3n) is 4.14. The molecule has 0 aliphatic carbocycles. The number of ether oxygens (including phenoxy) is 1. The maximum atomic E-state index is 11.5. The van der Waals surface area contributed by atoms with Crippen LogP contribution in [0.5, 0.6) is 5.75 Å². The normalized spacial score (nSPS) is 11.0. The topological polar surface area (TPSA) is 78.4 Å². The minimum absolute atomic E-state index is 0.125. The molecule has 0 fully saturated rings. The van der Waals surface area contributed by atoms with Crippen LogP contribution >= 0.6 is 0 Å². The fraction of sp³-hybridized carbons (Fsp3) is 0.150. The highest BCUT2D eigenvalue weighted by molar-refractivity contribution is 5.81. The van der Waals surface area contributed by atoms with Crippen molar-refractivity contribution in [3.05, 3.63) is 76.0 Å². The van der Waals surface area contributed by atoms with Gasteiger partial charge in [-0.1, -0.05) is 29.4 Å². The molecule has 6 nitrogen and oxygen atoms in total. The van der Waals surface area contributed by atoms with E-state index in [4.69, 9.17) is 13.7 Å². The summed E-state index contributed by atoms with van der Waals surface area (Å²) in [6.45, 7) is 3.98. The van der Waals surface area contributed by atoms with Gasteiger partial charge in [0.2, 0.25) is 5.82 Å². The van der Waals surface area contributed by atoms with E-state index in [1.165, 1.54) is 6.07 Å². The molecule has 0 bridgehead atoms. The van der Waals surface area contributed by atoms with Crippen molar-refractivity contribution in [2.24, 2.45) is 0 Å². The molecule has 26 heavy (non-hydrogen) atoms. The van der Waals surface area contributed by atoms with Crippen LogP contribution in [-0.4, -0.2) is 10.1 Å². The summed E-state index contributed by atoms with van der Waals surface area (Å²) in [6.07, 6.45) is 0. The molecular weight excluding hydrogens is 332 g/mol. The first-order chi connectivity index (χ1) is 12.6. The first-order valence-corrected chi connectivity index (χ1v) is 8.16. The molecule has 0 spiro atoms. The molecule has 0 radical (unpaired) electrons. The van der Waals surface area contributed by atoms with Crippen molar-refractivity contribution in [2.75, 3.05) is 0 Å². The van der Waals surface area contributed by atoms with Gasteiger partial charge in [0, 0.05) is 23.1 Å². The quantitative estimate of drug-likeness (QED) is 0.518. The minimum atomic E-state index is -0.382. The van der Waals surface area contributed by atoms with Crippen molar-refractivity contribution in [1.82, 2.24) is 10.1 Å². The van der Waals surface area contributed by atoms with E-state index in [1.807, 2.05) is 50.2 Å². The number of hydrogen-bond donors (Lipinski definition) is 0. The molecule has 4 aromatic rings. The van der Waals surface area contributed by atoms with Gasteiger partial charge in [-0.05, 0) is 37.1 Å². The van der Waals surface area contributed by atoms with Gasteiger partial charge in [-0.3, -0.25) is 0 Å². The van der Waals surface area contributed by atoms with Crippen LogP contribution in [0.3, 0.4) is 0 Å². The Bertz CT molecular complexity index is 1140. The average molecular weight is 348 g/mol. The second-order valence-electron chi connectivity index (χ2n) is 6.02. The van der Waals surface area contributed by atoms with Crippen molar-refractivity contribution in [2.45, 2.75) is 20.5 Å². The third kappa shape index (κ3) is 3.09. The fourth-order valence-electron chi connectivity index (χ4n) is 2.79. The molecule has 0 saturated heterocycles. The summed E-state index contributed by atoms with van der Waals surface area (Å²) in [4.78, 5) is 15.9. The molecule has 6 heteroatoms. The monoisotopic (exact) mass is 348 g/mol. The molecule has 2 aromatic carbocycles. The van der Waals surface area contributed by atoms with Crippen molar-refractivity contribution >= 4 is 11.0 Å². The van der Waals surface area contributed by atoms with Crippen LogP contribution in [0.1, 0.15) is 17.0 Å². The van der Waals surface area contributed by atoms with Crippen LogP contribution in [0, 0.1) is 13.8 Å². The molecule has 0 saturated carbocycles. The Balaban J connectivity index is 1.54.